The number of nitrogens with one attached hydrogen (secondary N) is 1. The molecule has 1 amide bonds. The van der Waals surface area contributed by atoms with Crippen molar-refractivity contribution in [2.75, 3.05) is 19.6 Å². The van der Waals surface area contributed by atoms with Crippen LogP contribution in [0.4, 0.5) is 0 Å². The van der Waals surface area contributed by atoms with Crippen LogP contribution in [0.25, 0.3) is 11.0 Å². The van der Waals surface area contributed by atoms with Gasteiger partial charge in [0, 0.05) is 30.5 Å². The quantitative estimate of drug-likeness (QED) is 0.884. The van der Waals surface area contributed by atoms with E-state index in [-0.39, 0.29) is 17.7 Å². The van der Waals surface area contributed by atoms with Crippen LogP contribution < -0.4 is 5.32 Å². The van der Waals surface area contributed by atoms with Crippen LogP contribution in [0, 0.1) is 5.92 Å². The molecular formula is C18H20N2O3. The predicted octanol–water partition coefficient (Wildman–Crippen LogP) is 2.46. The maximum Gasteiger partial charge on any atom is 0.251 e. The smallest absolute Gasteiger partial charge is 0.251 e. The Morgan fingerprint density at radius 2 is 2.00 bits per heavy atom. The van der Waals surface area contributed by atoms with Crippen molar-refractivity contribution in [1.82, 2.24) is 10.2 Å². The van der Waals surface area contributed by atoms with Gasteiger partial charge in [0.2, 0.25) is 0 Å². The molecule has 0 aliphatic carbocycles. The summed E-state index contributed by atoms with van der Waals surface area (Å²) in [6.45, 7) is 4.74. The lowest BCUT2D eigenvalue weighted by Gasteiger charge is -2.44. The lowest BCUT2D eigenvalue weighted by molar-refractivity contribution is 0.0620. The monoisotopic (exact) mass is 312 g/mol. The van der Waals surface area contributed by atoms with Crippen molar-refractivity contribution in [3.8, 4) is 0 Å². The number of rotatable bonds is 3. The molecule has 1 N–H and O–H groups in total. The van der Waals surface area contributed by atoms with Gasteiger partial charge in [-0.15, -0.1) is 0 Å². The first-order valence-electron chi connectivity index (χ1n) is 8.18. The number of nitrogens with zero attached hydrogens (tertiary/aromatic N) is 1. The number of amides is 1. The second-order valence-electron chi connectivity index (χ2n) is 6.64. The van der Waals surface area contributed by atoms with E-state index in [0.717, 1.165) is 25.0 Å². The molecule has 5 heteroatoms. The van der Waals surface area contributed by atoms with Crippen LogP contribution in [0.2, 0.25) is 0 Å². The largest absolute Gasteiger partial charge is 0.453 e. The minimum Gasteiger partial charge on any atom is -0.453 e. The van der Waals surface area contributed by atoms with Gasteiger partial charge >= 0.3 is 0 Å². The van der Waals surface area contributed by atoms with Gasteiger partial charge in [0.1, 0.15) is 5.58 Å². The number of benzene rings is 1. The first-order valence-corrected chi connectivity index (χ1v) is 8.18. The van der Waals surface area contributed by atoms with Gasteiger partial charge in [0.25, 0.3) is 5.91 Å². The summed E-state index contributed by atoms with van der Waals surface area (Å²) in [4.78, 5) is 26.3. The van der Waals surface area contributed by atoms with Crippen LogP contribution in [0.15, 0.2) is 28.7 Å². The number of furan rings is 1. The van der Waals surface area contributed by atoms with Crippen molar-refractivity contribution in [2.45, 2.75) is 25.8 Å². The average molecular weight is 312 g/mol. The van der Waals surface area contributed by atoms with Crippen LogP contribution in [-0.2, 0) is 0 Å². The predicted molar refractivity (Wildman–Crippen MR) is 86.6 cm³/mol. The second kappa shape index (κ2) is 5.49. The van der Waals surface area contributed by atoms with Gasteiger partial charge in [-0.25, -0.2) is 0 Å². The van der Waals surface area contributed by atoms with Crippen LogP contribution >= 0.6 is 0 Å². The number of Topliss-reactive ketones (excluding diaryl/α,β-unsaturated/α-hetero) is 1. The Balaban J connectivity index is 1.54. The first-order chi connectivity index (χ1) is 11.1. The van der Waals surface area contributed by atoms with Crippen molar-refractivity contribution in [3.63, 3.8) is 0 Å². The van der Waals surface area contributed by atoms with Gasteiger partial charge in [-0.2, -0.15) is 0 Å². The van der Waals surface area contributed by atoms with E-state index in [1.807, 2.05) is 6.07 Å². The SMILES string of the molecule is CC(=O)c1cc2ccc(C(=O)NC3CN4CCC3CC4)cc2o1. The number of ketones is 1. The fourth-order valence-electron chi connectivity index (χ4n) is 3.73. The number of fused-ring (bicyclic) bond motifs is 4. The van der Waals surface area contributed by atoms with Gasteiger partial charge in [0.15, 0.2) is 11.5 Å². The highest BCUT2D eigenvalue weighted by Gasteiger charge is 2.34. The zero-order chi connectivity index (χ0) is 16.0. The highest BCUT2D eigenvalue weighted by atomic mass is 16.3. The Hall–Kier alpha value is -2.14. The molecule has 1 aromatic heterocycles. The summed E-state index contributed by atoms with van der Waals surface area (Å²) in [6, 6.07) is 7.30. The summed E-state index contributed by atoms with van der Waals surface area (Å²) in [5.41, 5.74) is 1.16. The van der Waals surface area contributed by atoms with Gasteiger partial charge in [-0.05, 0) is 50.0 Å². The Morgan fingerprint density at radius 3 is 2.65 bits per heavy atom. The zero-order valence-electron chi connectivity index (χ0n) is 13.2. The van der Waals surface area contributed by atoms with E-state index >= 15 is 0 Å². The van der Waals surface area contributed by atoms with Gasteiger partial charge in [-0.1, -0.05) is 6.07 Å². The maximum atomic E-state index is 12.5. The fourth-order valence-corrected chi connectivity index (χ4v) is 3.73. The Morgan fingerprint density at radius 1 is 1.22 bits per heavy atom. The van der Waals surface area contributed by atoms with E-state index < -0.39 is 0 Å². The zero-order valence-corrected chi connectivity index (χ0v) is 13.2. The molecule has 3 aliphatic heterocycles. The molecule has 1 atom stereocenters. The Kier molecular flexibility index (Phi) is 3.45. The van der Waals surface area contributed by atoms with Gasteiger partial charge in [0.05, 0.1) is 0 Å². The van der Waals surface area contributed by atoms with E-state index in [0.29, 0.717) is 22.8 Å². The molecule has 23 heavy (non-hydrogen) atoms. The molecular weight excluding hydrogens is 292 g/mol. The Labute approximate surface area is 134 Å². The summed E-state index contributed by atoms with van der Waals surface area (Å²) < 4.78 is 5.52. The highest BCUT2D eigenvalue weighted by Crippen LogP contribution is 2.28. The number of carbonyl (C=O) groups is 2. The minimum absolute atomic E-state index is 0.0635. The second-order valence-corrected chi connectivity index (χ2v) is 6.64. The lowest BCUT2D eigenvalue weighted by atomic mass is 9.84. The van der Waals surface area contributed by atoms with Crippen molar-refractivity contribution in [2.24, 2.45) is 5.92 Å². The van der Waals surface area contributed by atoms with Gasteiger partial charge < -0.3 is 14.6 Å². The van der Waals surface area contributed by atoms with Crippen molar-refractivity contribution in [3.05, 3.63) is 35.6 Å². The molecule has 3 fully saturated rings. The first kappa shape index (κ1) is 14.5. The lowest BCUT2D eigenvalue weighted by Crippen LogP contribution is -2.57. The number of piperidine rings is 3. The summed E-state index contributed by atoms with van der Waals surface area (Å²) in [5, 5.41) is 4.01. The van der Waals surface area contributed by atoms with E-state index in [1.54, 1.807) is 18.2 Å². The molecule has 5 nitrogen and oxygen atoms in total. The number of hydrogen-bond acceptors (Lipinski definition) is 4. The molecule has 0 spiro atoms. The minimum atomic E-state index is -0.112. The van der Waals surface area contributed by atoms with Crippen molar-refractivity contribution in [1.29, 1.82) is 0 Å². The molecule has 4 heterocycles. The van der Waals surface area contributed by atoms with E-state index in [2.05, 4.69) is 10.2 Å². The standard InChI is InChI=1S/C18H20N2O3/c1-11(21)16-8-13-2-3-14(9-17(13)23-16)18(22)19-15-10-20-6-4-12(15)5-7-20/h2-3,8-9,12,15H,4-7,10H2,1H3,(H,19,22). The van der Waals surface area contributed by atoms with E-state index in [4.69, 9.17) is 4.42 Å². The number of carbonyl (C=O) groups excluding carboxylic acids is 2. The van der Waals surface area contributed by atoms with Crippen molar-refractivity contribution >= 4 is 22.7 Å². The third kappa shape index (κ3) is 2.65. The Bertz CT molecular complexity index is 772. The molecule has 5 rings (SSSR count). The third-order valence-electron chi connectivity index (χ3n) is 5.10. The molecule has 3 aliphatic rings. The average Bonchev–Trinajstić information content (AvgIpc) is 2.99. The van der Waals surface area contributed by atoms with Crippen LogP contribution in [0.1, 0.15) is 40.7 Å². The summed E-state index contributed by atoms with van der Waals surface area (Å²) in [7, 11) is 0. The fraction of sp³-hybridized carbons (Fsp3) is 0.444. The highest BCUT2D eigenvalue weighted by molar-refractivity contribution is 6.00. The molecule has 3 saturated heterocycles. The maximum absolute atomic E-state index is 12.5. The molecule has 0 radical (unpaired) electrons. The van der Waals surface area contributed by atoms with E-state index in [9.17, 15) is 9.59 Å². The van der Waals surface area contributed by atoms with E-state index in [1.165, 1.54) is 19.8 Å². The molecule has 2 bridgehead atoms. The molecule has 0 saturated carbocycles. The topological polar surface area (TPSA) is 62.6 Å². The third-order valence-corrected chi connectivity index (χ3v) is 5.10. The van der Waals surface area contributed by atoms with Crippen LogP contribution in [0.3, 0.4) is 0 Å². The normalized spacial score (nSPS) is 26.4. The van der Waals surface area contributed by atoms with Crippen LogP contribution in [-0.4, -0.2) is 42.3 Å². The molecule has 120 valence electrons. The molecule has 1 aromatic carbocycles. The molecule has 2 aromatic rings. The van der Waals surface area contributed by atoms with Crippen LogP contribution in [0.5, 0.6) is 0 Å². The molecule has 1 unspecified atom stereocenters. The summed E-state index contributed by atoms with van der Waals surface area (Å²) in [5.74, 6) is 0.751. The van der Waals surface area contributed by atoms with Gasteiger partial charge in [-0.3, -0.25) is 9.59 Å². The summed E-state index contributed by atoms with van der Waals surface area (Å²) in [6.07, 6.45) is 2.34. The number of hydrogen-bond donors (Lipinski definition) is 1. The summed E-state index contributed by atoms with van der Waals surface area (Å²) >= 11 is 0. The van der Waals surface area contributed by atoms with Crippen molar-refractivity contribution < 1.29 is 14.0 Å².